The van der Waals surface area contributed by atoms with Gasteiger partial charge in [0, 0.05) is 21.4 Å². The molecule has 0 saturated heterocycles. The van der Waals surface area contributed by atoms with E-state index in [2.05, 4.69) is 17.4 Å². The van der Waals surface area contributed by atoms with Gasteiger partial charge in [-0.25, -0.2) is 8.42 Å². The first-order valence-electron chi connectivity index (χ1n) is 10.4. The molecule has 174 valence electrons. The van der Waals surface area contributed by atoms with Gasteiger partial charge in [-0.15, -0.1) is 11.8 Å². The van der Waals surface area contributed by atoms with Gasteiger partial charge in [0.15, 0.2) is 0 Å². The Morgan fingerprint density at radius 2 is 1.73 bits per heavy atom. The van der Waals surface area contributed by atoms with E-state index in [9.17, 15) is 13.2 Å². The molecule has 0 heterocycles. The lowest BCUT2D eigenvalue weighted by Gasteiger charge is -2.29. The second-order valence-corrected chi connectivity index (χ2v) is 11.3. The van der Waals surface area contributed by atoms with Gasteiger partial charge in [-0.05, 0) is 67.8 Å². The summed E-state index contributed by atoms with van der Waals surface area (Å²) in [4.78, 5) is 14.3. The van der Waals surface area contributed by atoms with Gasteiger partial charge < -0.3 is 5.32 Å². The number of benzene rings is 3. The van der Waals surface area contributed by atoms with Crippen molar-refractivity contribution < 1.29 is 13.2 Å². The molecule has 0 saturated carbocycles. The third-order valence-electron chi connectivity index (χ3n) is 5.19. The topological polar surface area (TPSA) is 66.5 Å². The fourth-order valence-electron chi connectivity index (χ4n) is 3.48. The van der Waals surface area contributed by atoms with Gasteiger partial charge in [0.05, 0.1) is 11.9 Å². The van der Waals surface area contributed by atoms with E-state index < -0.39 is 22.0 Å². The lowest BCUT2D eigenvalue weighted by molar-refractivity contribution is -0.116. The Morgan fingerprint density at radius 1 is 1.03 bits per heavy atom. The van der Waals surface area contributed by atoms with Gasteiger partial charge in [-0.1, -0.05) is 48.0 Å². The van der Waals surface area contributed by atoms with E-state index in [0.29, 0.717) is 22.0 Å². The van der Waals surface area contributed by atoms with Crippen LogP contribution in [0.25, 0.3) is 0 Å². The number of thioether (sulfide) groups is 1. The van der Waals surface area contributed by atoms with Crippen molar-refractivity contribution in [3.63, 3.8) is 0 Å². The van der Waals surface area contributed by atoms with Crippen LogP contribution in [0.3, 0.4) is 0 Å². The number of sulfonamides is 1. The van der Waals surface area contributed by atoms with E-state index in [1.165, 1.54) is 4.90 Å². The predicted molar refractivity (Wildman–Crippen MR) is 139 cm³/mol. The van der Waals surface area contributed by atoms with Crippen molar-refractivity contribution in [2.24, 2.45) is 0 Å². The molecule has 0 unspecified atom stereocenters. The number of nitrogens with one attached hydrogen (secondary N) is 1. The van der Waals surface area contributed by atoms with Gasteiger partial charge in [0.2, 0.25) is 15.9 Å². The second-order valence-electron chi connectivity index (χ2n) is 7.91. The quantitative estimate of drug-likeness (QED) is 0.381. The second kappa shape index (κ2) is 10.6. The summed E-state index contributed by atoms with van der Waals surface area (Å²) in [7, 11) is -3.73. The predicted octanol–water partition coefficient (Wildman–Crippen LogP) is 6.04. The van der Waals surface area contributed by atoms with Crippen molar-refractivity contribution in [1.29, 1.82) is 0 Å². The first kappa shape index (κ1) is 25.1. The lowest BCUT2D eigenvalue weighted by atomic mass is 10.1. The standard InChI is InChI=1S/C25H27ClN2O3S2/c1-17-10-12-21(26)15-24(17)28(33(4,30)31)19(3)25(29)27-23-13-11-20(14-18(23)2)16-32-22-8-6-5-7-9-22/h5-15,19H,16H2,1-4H3,(H,27,29)/t19-/m0/s1. The maximum absolute atomic E-state index is 13.1. The number of nitrogens with zero attached hydrogens (tertiary/aromatic N) is 1. The average molecular weight is 503 g/mol. The molecule has 0 aromatic heterocycles. The van der Waals surface area contributed by atoms with E-state index in [1.54, 1.807) is 43.8 Å². The molecule has 1 atom stereocenters. The van der Waals surface area contributed by atoms with Crippen LogP contribution in [0.15, 0.2) is 71.6 Å². The molecule has 8 heteroatoms. The number of halogens is 1. The van der Waals surface area contributed by atoms with Crippen molar-refractivity contribution >= 4 is 50.7 Å². The molecule has 1 amide bonds. The zero-order valence-corrected chi connectivity index (χ0v) is 21.4. The summed E-state index contributed by atoms with van der Waals surface area (Å²) in [6.07, 6.45) is 1.08. The molecular formula is C25H27ClN2O3S2. The molecule has 0 spiro atoms. The van der Waals surface area contributed by atoms with Crippen molar-refractivity contribution in [1.82, 2.24) is 0 Å². The van der Waals surface area contributed by atoms with Crippen LogP contribution < -0.4 is 9.62 Å². The van der Waals surface area contributed by atoms with Crippen LogP contribution in [-0.2, 0) is 20.6 Å². The van der Waals surface area contributed by atoms with Gasteiger partial charge in [0.25, 0.3) is 0 Å². The zero-order chi connectivity index (χ0) is 24.2. The smallest absolute Gasteiger partial charge is 0.248 e. The Bertz CT molecular complexity index is 1250. The van der Waals surface area contributed by atoms with Gasteiger partial charge in [-0.2, -0.15) is 0 Å². The fraction of sp³-hybridized carbons (Fsp3) is 0.240. The highest BCUT2D eigenvalue weighted by Crippen LogP contribution is 2.29. The van der Waals surface area contributed by atoms with Crippen LogP contribution in [0.4, 0.5) is 11.4 Å². The van der Waals surface area contributed by atoms with Crippen LogP contribution in [0.5, 0.6) is 0 Å². The molecular weight excluding hydrogens is 476 g/mol. The van der Waals surface area contributed by atoms with Crippen LogP contribution in [-0.4, -0.2) is 26.6 Å². The van der Waals surface area contributed by atoms with Crippen molar-refractivity contribution in [3.8, 4) is 0 Å². The number of carbonyl (C=O) groups is 1. The van der Waals surface area contributed by atoms with Crippen LogP contribution in [0.1, 0.15) is 23.6 Å². The van der Waals surface area contributed by atoms with Gasteiger partial charge >= 0.3 is 0 Å². The van der Waals surface area contributed by atoms with Crippen molar-refractivity contribution in [3.05, 3.63) is 88.4 Å². The minimum atomic E-state index is -3.73. The molecule has 3 aromatic carbocycles. The molecule has 0 aliphatic heterocycles. The van der Waals surface area contributed by atoms with Crippen LogP contribution in [0, 0.1) is 13.8 Å². The zero-order valence-electron chi connectivity index (χ0n) is 19.0. The molecule has 3 aromatic rings. The summed E-state index contributed by atoms with van der Waals surface area (Å²) in [6.45, 7) is 5.27. The number of hydrogen-bond donors (Lipinski definition) is 1. The molecule has 5 nitrogen and oxygen atoms in total. The van der Waals surface area contributed by atoms with E-state index in [1.807, 2.05) is 43.3 Å². The largest absolute Gasteiger partial charge is 0.324 e. The molecule has 0 fully saturated rings. The highest BCUT2D eigenvalue weighted by atomic mass is 35.5. The lowest BCUT2D eigenvalue weighted by Crippen LogP contribution is -2.45. The highest BCUT2D eigenvalue weighted by Gasteiger charge is 2.30. The Hall–Kier alpha value is -2.48. The Kier molecular flexibility index (Phi) is 8.10. The highest BCUT2D eigenvalue weighted by molar-refractivity contribution is 7.98. The van der Waals surface area contributed by atoms with Crippen molar-refractivity contribution in [2.75, 3.05) is 15.9 Å². The summed E-state index contributed by atoms with van der Waals surface area (Å²) in [5.74, 6) is 0.389. The van der Waals surface area contributed by atoms with Gasteiger partial charge in [-0.3, -0.25) is 9.10 Å². The number of hydrogen-bond acceptors (Lipinski definition) is 4. The first-order chi connectivity index (χ1) is 15.6. The molecule has 33 heavy (non-hydrogen) atoms. The van der Waals surface area contributed by atoms with E-state index >= 15 is 0 Å². The molecule has 0 aliphatic carbocycles. The first-order valence-corrected chi connectivity index (χ1v) is 13.6. The summed E-state index contributed by atoms with van der Waals surface area (Å²) in [5.41, 5.74) is 3.79. The minimum Gasteiger partial charge on any atom is -0.324 e. The van der Waals surface area contributed by atoms with Gasteiger partial charge in [0.1, 0.15) is 6.04 Å². The maximum Gasteiger partial charge on any atom is 0.248 e. The number of carbonyl (C=O) groups excluding carboxylic acids is 1. The fourth-order valence-corrected chi connectivity index (χ4v) is 5.73. The average Bonchev–Trinajstić information content (AvgIpc) is 2.76. The van der Waals surface area contributed by atoms with E-state index in [4.69, 9.17) is 11.6 Å². The molecule has 0 radical (unpaired) electrons. The molecule has 0 aliphatic rings. The maximum atomic E-state index is 13.1. The number of amides is 1. The minimum absolute atomic E-state index is 0.387. The molecule has 1 N–H and O–H groups in total. The van der Waals surface area contributed by atoms with Crippen LogP contribution in [0.2, 0.25) is 5.02 Å². The Morgan fingerprint density at radius 3 is 2.36 bits per heavy atom. The number of rotatable bonds is 8. The normalized spacial score (nSPS) is 12.3. The number of anilines is 2. The van der Waals surface area contributed by atoms with E-state index in [0.717, 1.165) is 27.4 Å². The monoisotopic (exact) mass is 502 g/mol. The third kappa shape index (κ3) is 6.53. The number of aryl methyl sites for hydroxylation is 2. The summed E-state index contributed by atoms with van der Waals surface area (Å²) < 4.78 is 26.3. The summed E-state index contributed by atoms with van der Waals surface area (Å²) >= 11 is 7.84. The van der Waals surface area contributed by atoms with Crippen LogP contribution >= 0.6 is 23.4 Å². The summed E-state index contributed by atoms with van der Waals surface area (Å²) in [6, 6.07) is 20.0. The third-order valence-corrected chi connectivity index (χ3v) is 7.74. The summed E-state index contributed by atoms with van der Waals surface area (Å²) in [5, 5.41) is 3.28. The SMILES string of the molecule is Cc1cc(CSc2ccccc2)ccc1NC(=O)[C@H](C)N(c1cc(Cl)ccc1C)S(C)(=O)=O. The molecule has 3 rings (SSSR count). The van der Waals surface area contributed by atoms with Crippen molar-refractivity contribution in [2.45, 2.75) is 37.5 Å². The molecule has 0 bridgehead atoms. The Balaban J connectivity index is 1.76. The Labute approximate surface area is 205 Å². The van der Waals surface area contributed by atoms with E-state index in [-0.39, 0.29) is 0 Å².